The molecule has 3 rings (SSSR count). The van der Waals surface area contributed by atoms with E-state index in [9.17, 15) is 13.2 Å². The highest BCUT2D eigenvalue weighted by molar-refractivity contribution is 6.33. The first-order valence-corrected chi connectivity index (χ1v) is 11.1. The molecule has 0 atom stereocenters. The van der Waals surface area contributed by atoms with E-state index in [2.05, 4.69) is 21.9 Å². The fourth-order valence-electron chi connectivity index (χ4n) is 3.19. The molecule has 0 unspecified atom stereocenters. The smallest absolute Gasteiger partial charge is 0.422 e. The van der Waals surface area contributed by atoms with Gasteiger partial charge in [0, 0.05) is 19.3 Å². The number of alkyl halides is 3. The maximum absolute atomic E-state index is 12.3. The monoisotopic (exact) mass is 498 g/mol. The molecule has 0 bridgehead atoms. The summed E-state index contributed by atoms with van der Waals surface area (Å²) in [6, 6.07) is 10.2. The second kappa shape index (κ2) is 11.5. The number of nitrogens with zero attached hydrogens (tertiary/aromatic N) is 4. The van der Waals surface area contributed by atoms with Crippen LogP contribution in [0.15, 0.2) is 48.9 Å². The van der Waals surface area contributed by atoms with Crippen LogP contribution in [0.25, 0.3) is 0 Å². The Bertz CT molecular complexity index is 1030. The number of rotatable bonds is 10. The summed E-state index contributed by atoms with van der Waals surface area (Å²) < 4.78 is 41.8. The first-order chi connectivity index (χ1) is 15.7. The van der Waals surface area contributed by atoms with Crippen molar-refractivity contribution in [3.05, 3.63) is 75.9 Å². The average molecular weight is 499 g/mol. The number of halogens is 5. The normalized spacial score (nSPS) is 11.5. The van der Waals surface area contributed by atoms with Gasteiger partial charge in [-0.25, -0.2) is 15.0 Å². The summed E-state index contributed by atoms with van der Waals surface area (Å²) in [5.74, 6) is 0.790. The van der Waals surface area contributed by atoms with E-state index in [4.69, 9.17) is 27.9 Å². The van der Waals surface area contributed by atoms with Crippen molar-refractivity contribution < 1.29 is 17.9 Å². The Morgan fingerprint density at radius 1 is 0.939 bits per heavy atom. The van der Waals surface area contributed by atoms with E-state index in [1.165, 1.54) is 18.5 Å². The number of aromatic nitrogens is 3. The molecule has 0 saturated heterocycles. The lowest BCUT2D eigenvalue weighted by molar-refractivity contribution is -0.153. The molecule has 0 aliphatic carbocycles. The van der Waals surface area contributed by atoms with Crippen LogP contribution in [0.5, 0.6) is 5.75 Å². The molecule has 5 nitrogen and oxygen atoms in total. The summed E-state index contributed by atoms with van der Waals surface area (Å²) in [5, 5.41) is 0.917. The van der Waals surface area contributed by atoms with Crippen molar-refractivity contribution in [2.45, 2.75) is 38.9 Å². The largest absolute Gasteiger partial charge is 0.484 e. The quantitative estimate of drug-likeness (QED) is 0.306. The molecule has 3 aromatic rings. The Kier molecular flexibility index (Phi) is 8.74. The van der Waals surface area contributed by atoms with E-state index >= 15 is 0 Å². The van der Waals surface area contributed by atoms with Crippen LogP contribution >= 0.6 is 23.2 Å². The van der Waals surface area contributed by atoms with Gasteiger partial charge in [-0.15, -0.1) is 0 Å². The number of hydrogen-bond acceptors (Lipinski definition) is 5. The van der Waals surface area contributed by atoms with Gasteiger partial charge >= 0.3 is 6.18 Å². The molecule has 0 aliphatic rings. The molecular weight excluding hydrogens is 476 g/mol. The van der Waals surface area contributed by atoms with Crippen molar-refractivity contribution >= 4 is 29.0 Å². The Morgan fingerprint density at radius 3 is 2.30 bits per heavy atom. The SMILES string of the molecule is CCCc1ncnc(N(CCc2ccc(OCC(F)(F)F)cc2)Cc2ccc(Cl)nc2)c1Cl. The summed E-state index contributed by atoms with van der Waals surface area (Å²) in [7, 11) is 0. The van der Waals surface area contributed by atoms with Crippen molar-refractivity contribution in [3.63, 3.8) is 0 Å². The summed E-state index contributed by atoms with van der Waals surface area (Å²) in [6.07, 6.45) is 1.09. The lowest BCUT2D eigenvalue weighted by atomic mass is 10.1. The van der Waals surface area contributed by atoms with E-state index in [1.54, 1.807) is 24.4 Å². The minimum atomic E-state index is -4.37. The number of ether oxygens (including phenoxy) is 1. The van der Waals surface area contributed by atoms with Gasteiger partial charge < -0.3 is 9.64 Å². The molecule has 2 aromatic heterocycles. The van der Waals surface area contributed by atoms with Gasteiger partial charge in [-0.1, -0.05) is 54.7 Å². The Balaban J connectivity index is 1.76. The highest BCUT2D eigenvalue weighted by atomic mass is 35.5. The van der Waals surface area contributed by atoms with Gasteiger partial charge in [-0.2, -0.15) is 13.2 Å². The number of anilines is 1. The number of benzene rings is 1. The molecule has 33 heavy (non-hydrogen) atoms. The van der Waals surface area contributed by atoms with E-state index < -0.39 is 12.8 Å². The predicted octanol–water partition coefficient (Wildman–Crippen LogP) is 6.32. The van der Waals surface area contributed by atoms with Crippen LogP contribution in [0.1, 0.15) is 30.2 Å². The maximum atomic E-state index is 12.3. The zero-order valence-corrected chi connectivity index (χ0v) is 19.5. The van der Waals surface area contributed by atoms with Gasteiger partial charge in [0.2, 0.25) is 0 Å². The third-order valence-corrected chi connectivity index (χ3v) is 5.40. The van der Waals surface area contributed by atoms with Crippen LogP contribution in [-0.2, 0) is 19.4 Å². The first kappa shape index (κ1) is 25.1. The van der Waals surface area contributed by atoms with E-state index in [0.29, 0.717) is 35.5 Å². The predicted molar refractivity (Wildman–Crippen MR) is 123 cm³/mol. The van der Waals surface area contributed by atoms with Crippen molar-refractivity contribution in [3.8, 4) is 5.75 Å². The lowest BCUT2D eigenvalue weighted by Crippen LogP contribution is -2.27. The molecule has 10 heteroatoms. The maximum Gasteiger partial charge on any atom is 0.422 e. The van der Waals surface area contributed by atoms with E-state index in [1.807, 2.05) is 11.0 Å². The fourth-order valence-corrected chi connectivity index (χ4v) is 3.61. The minimum absolute atomic E-state index is 0.170. The van der Waals surface area contributed by atoms with Crippen molar-refractivity contribution in [2.24, 2.45) is 0 Å². The van der Waals surface area contributed by atoms with Gasteiger partial charge in [-0.05, 0) is 42.2 Å². The molecular formula is C23H23Cl2F3N4O. The molecule has 0 spiro atoms. The van der Waals surface area contributed by atoms with Crippen LogP contribution in [-0.4, -0.2) is 34.3 Å². The first-order valence-electron chi connectivity index (χ1n) is 10.4. The van der Waals surface area contributed by atoms with Crippen LogP contribution in [0.2, 0.25) is 10.2 Å². The molecule has 176 valence electrons. The van der Waals surface area contributed by atoms with Crippen molar-refractivity contribution in [2.75, 3.05) is 18.1 Å². The molecule has 0 fully saturated rings. The summed E-state index contributed by atoms with van der Waals surface area (Å²) in [5.41, 5.74) is 2.66. The van der Waals surface area contributed by atoms with E-state index in [-0.39, 0.29) is 5.75 Å². The topological polar surface area (TPSA) is 51.1 Å². The zero-order chi connectivity index (χ0) is 23.8. The highest BCUT2D eigenvalue weighted by Gasteiger charge is 2.28. The summed E-state index contributed by atoms with van der Waals surface area (Å²) >= 11 is 12.5. The third-order valence-electron chi connectivity index (χ3n) is 4.79. The molecule has 0 radical (unpaired) electrons. The number of hydrogen-bond donors (Lipinski definition) is 0. The van der Waals surface area contributed by atoms with Crippen LogP contribution in [0.4, 0.5) is 19.0 Å². The number of aryl methyl sites for hydroxylation is 1. The van der Waals surface area contributed by atoms with Gasteiger partial charge in [0.15, 0.2) is 12.4 Å². The van der Waals surface area contributed by atoms with E-state index in [0.717, 1.165) is 29.7 Å². The van der Waals surface area contributed by atoms with Crippen LogP contribution in [0, 0.1) is 0 Å². The lowest BCUT2D eigenvalue weighted by Gasteiger charge is -2.25. The second-order valence-electron chi connectivity index (χ2n) is 7.42. The summed E-state index contributed by atoms with van der Waals surface area (Å²) in [6.45, 7) is 1.80. The Morgan fingerprint density at radius 2 is 1.67 bits per heavy atom. The summed E-state index contributed by atoms with van der Waals surface area (Å²) in [4.78, 5) is 14.9. The van der Waals surface area contributed by atoms with Crippen molar-refractivity contribution in [1.82, 2.24) is 15.0 Å². The average Bonchev–Trinajstić information content (AvgIpc) is 2.78. The van der Waals surface area contributed by atoms with Gasteiger partial charge in [0.05, 0.1) is 5.69 Å². The van der Waals surface area contributed by atoms with Crippen molar-refractivity contribution in [1.29, 1.82) is 0 Å². The minimum Gasteiger partial charge on any atom is -0.484 e. The number of pyridine rings is 1. The van der Waals surface area contributed by atoms with Gasteiger partial charge in [0.1, 0.15) is 22.3 Å². The fraction of sp³-hybridized carbons (Fsp3) is 0.348. The Hall–Kier alpha value is -2.58. The van der Waals surface area contributed by atoms with Crippen LogP contribution < -0.4 is 9.64 Å². The molecule has 0 aliphatic heterocycles. The van der Waals surface area contributed by atoms with Gasteiger partial charge in [-0.3, -0.25) is 0 Å². The molecule has 1 aromatic carbocycles. The zero-order valence-electron chi connectivity index (χ0n) is 17.9. The standard InChI is InChI=1S/C23H23Cl2F3N4O/c1-2-3-19-21(25)22(31-15-30-19)32(13-17-6-9-20(24)29-12-17)11-10-16-4-7-18(8-5-16)33-14-23(26,27)28/h4-9,12,15H,2-3,10-11,13-14H2,1H3. The molecule has 0 amide bonds. The molecule has 2 heterocycles. The third kappa shape index (κ3) is 7.75. The highest BCUT2D eigenvalue weighted by Crippen LogP contribution is 2.28. The molecule has 0 N–H and O–H groups in total. The molecule has 0 saturated carbocycles. The van der Waals surface area contributed by atoms with Crippen LogP contribution in [0.3, 0.4) is 0 Å². The van der Waals surface area contributed by atoms with Gasteiger partial charge in [0.25, 0.3) is 0 Å². The Labute approximate surface area is 200 Å². The second-order valence-corrected chi connectivity index (χ2v) is 8.18.